The van der Waals surface area contributed by atoms with Gasteiger partial charge in [0.25, 0.3) is 0 Å². The number of benzene rings is 1. The van der Waals surface area contributed by atoms with Gasteiger partial charge >= 0.3 is 0 Å². The van der Waals surface area contributed by atoms with Crippen LogP contribution in [0, 0.1) is 11.8 Å². The van der Waals surface area contributed by atoms with Crippen molar-refractivity contribution in [3.8, 4) is 17.1 Å². The Morgan fingerprint density at radius 3 is 3.00 bits per heavy atom. The first-order valence-corrected chi connectivity index (χ1v) is 10.5. The summed E-state index contributed by atoms with van der Waals surface area (Å²) in [5.74, 6) is 2.70. The number of methoxy groups -OCH3 is 1. The summed E-state index contributed by atoms with van der Waals surface area (Å²) in [4.78, 5) is 16.8. The average Bonchev–Trinajstić information content (AvgIpc) is 3.13. The third-order valence-corrected chi connectivity index (χ3v) is 6.35. The molecule has 3 rings (SSSR count). The molecule has 1 aliphatic rings. The third-order valence-electron chi connectivity index (χ3n) is 5.27. The van der Waals surface area contributed by atoms with Gasteiger partial charge < -0.3 is 10.1 Å². The fourth-order valence-electron chi connectivity index (χ4n) is 3.46. The minimum atomic E-state index is 0.0256. The van der Waals surface area contributed by atoms with Crippen LogP contribution in [0.3, 0.4) is 0 Å². The van der Waals surface area contributed by atoms with Gasteiger partial charge in [0.1, 0.15) is 5.75 Å². The highest BCUT2D eigenvalue weighted by Gasteiger charge is 2.28. The van der Waals surface area contributed by atoms with E-state index in [1.54, 1.807) is 25.3 Å². The van der Waals surface area contributed by atoms with E-state index in [1.807, 2.05) is 0 Å². The van der Waals surface area contributed by atoms with Crippen molar-refractivity contribution < 1.29 is 9.53 Å². The number of aromatic amines is 1. The SMILES string of the molecule is COc1ccc(Cl)cc1-c1nc(SCC(=O)N[C@H]2CCC[C@H](C)[C@H]2C)n[nH]1. The number of nitrogens with zero attached hydrogens (tertiary/aromatic N) is 2. The molecular weight excluding hydrogens is 384 g/mol. The van der Waals surface area contributed by atoms with E-state index in [4.69, 9.17) is 16.3 Å². The molecule has 3 atom stereocenters. The molecule has 0 unspecified atom stereocenters. The van der Waals surface area contributed by atoms with Gasteiger partial charge in [0, 0.05) is 11.1 Å². The second-order valence-electron chi connectivity index (χ2n) is 7.04. The van der Waals surface area contributed by atoms with E-state index >= 15 is 0 Å². The quantitative estimate of drug-likeness (QED) is 0.701. The molecule has 1 heterocycles. The molecule has 1 saturated carbocycles. The molecule has 2 aromatic rings. The highest BCUT2D eigenvalue weighted by molar-refractivity contribution is 7.99. The van der Waals surface area contributed by atoms with E-state index in [0.717, 1.165) is 12.0 Å². The summed E-state index contributed by atoms with van der Waals surface area (Å²) in [6, 6.07) is 5.58. The zero-order chi connectivity index (χ0) is 19.4. The Labute approximate surface area is 168 Å². The highest BCUT2D eigenvalue weighted by Crippen LogP contribution is 2.31. The maximum Gasteiger partial charge on any atom is 0.230 e. The minimum Gasteiger partial charge on any atom is -0.496 e. The summed E-state index contributed by atoms with van der Waals surface area (Å²) in [5, 5.41) is 11.4. The number of aromatic nitrogens is 3. The number of amides is 1. The Balaban J connectivity index is 1.58. The first kappa shape index (κ1) is 20.0. The summed E-state index contributed by atoms with van der Waals surface area (Å²) in [7, 11) is 1.59. The zero-order valence-electron chi connectivity index (χ0n) is 15.8. The average molecular weight is 409 g/mol. The van der Waals surface area contributed by atoms with Crippen LogP contribution in [0.25, 0.3) is 11.4 Å². The standard InChI is InChI=1S/C19H25ClN4O2S/c1-11-5-4-6-15(12(11)2)21-17(25)10-27-19-22-18(23-24-19)14-9-13(20)7-8-16(14)26-3/h7-9,11-12,15H,4-6,10H2,1-3H3,(H,21,25)(H,22,23,24)/t11-,12+,15-/m0/s1. The van der Waals surface area contributed by atoms with Crippen LogP contribution in [0.2, 0.25) is 5.02 Å². The number of rotatable bonds is 6. The van der Waals surface area contributed by atoms with Gasteiger partial charge in [-0.15, -0.1) is 5.10 Å². The number of carbonyl (C=O) groups is 1. The summed E-state index contributed by atoms with van der Waals surface area (Å²) in [6.07, 6.45) is 3.48. The number of halogens is 1. The highest BCUT2D eigenvalue weighted by atomic mass is 35.5. The molecule has 6 nitrogen and oxygen atoms in total. The predicted octanol–water partition coefficient (Wildman–Crippen LogP) is 4.17. The maximum absolute atomic E-state index is 12.3. The fraction of sp³-hybridized carbons (Fsp3) is 0.526. The number of ether oxygens (including phenoxy) is 1. The van der Waals surface area contributed by atoms with Gasteiger partial charge in [0.05, 0.1) is 18.4 Å². The smallest absolute Gasteiger partial charge is 0.230 e. The molecule has 8 heteroatoms. The maximum atomic E-state index is 12.3. The first-order chi connectivity index (χ1) is 13.0. The van der Waals surface area contributed by atoms with Crippen LogP contribution in [-0.4, -0.2) is 40.0 Å². The lowest BCUT2D eigenvalue weighted by Gasteiger charge is -2.34. The van der Waals surface area contributed by atoms with Crippen molar-refractivity contribution in [2.24, 2.45) is 11.8 Å². The monoisotopic (exact) mass is 408 g/mol. The topological polar surface area (TPSA) is 79.9 Å². The van der Waals surface area contributed by atoms with Gasteiger partial charge in [0.2, 0.25) is 11.1 Å². The van der Waals surface area contributed by atoms with Crippen molar-refractivity contribution in [1.82, 2.24) is 20.5 Å². The van der Waals surface area contributed by atoms with Crippen molar-refractivity contribution in [3.05, 3.63) is 23.2 Å². The van der Waals surface area contributed by atoms with Crippen molar-refractivity contribution >= 4 is 29.3 Å². The van der Waals surface area contributed by atoms with Crippen LogP contribution in [0.1, 0.15) is 33.1 Å². The molecular formula is C19H25ClN4O2S. The Kier molecular flexibility index (Phi) is 6.65. The molecule has 1 aliphatic carbocycles. The van der Waals surface area contributed by atoms with E-state index in [-0.39, 0.29) is 11.9 Å². The molecule has 146 valence electrons. The first-order valence-electron chi connectivity index (χ1n) is 9.16. The van der Waals surface area contributed by atoms with Gasteiger partial charge in [-0.2, -0.15) is 0 Å². The Morgan fingerprint density at radius 2 is 2.22 bits per heavy atom. The Morgan fingerprint density at radius 1 is 1.41 bits per heavy atom. The number of carbonyl (C=O) groups excluding carboxylic acids is 1. The summed E-state index contributed by atoms with van der Waals surface area (Å²) in [6.45, 7) is 4.48. The summed E-state index contributed by atoms with van der Waals surface area (Å²) >= 11 is 7.38. The lowest BCUT2D eigenvalue weighted by Crippen LogP contribution is -2.44. The molecule has 0 spiro atoms. The van der Waals surface area contributed by atoms with E-state index in [0.29, 0.717) is 39.3 Å². The van der Waals surface area contributed by atoms with Crippen LogP contribution < -0.4 is 10.1 Å². The normalized spacial score (nSPS) is 22.4. The van der Waals surface area contributed by atoms with Crippen molar-refractivity contribution in [3.63, 3.8) is 0 Å². The largest absolute Gasteiger partial charge is 0.496 e. The molecule has 2 N–H and O–H groups in total. The Hall–Kier alpha value is -1.73. The van der Waals surface area contributed by atoms with Gasteiger partial charge in [-0.1, -0.05) is 50.1 Å². The number of thioether (sulfide) groups is 1. The second kappa shape index (κ2) is 8.97. The Bertz CT molecular complexity index is 798. The number of hydrogen-bond acceptors (Lipinski definition) is 5. The molecule has 1 aromatic carbocycles. The molecule has 0 aliphatic heterocycles. The van der Waals surface area contributed by atoms with Crippen molar-refractivity contribution in [2.75, 3.05) is 12.9 Å². The van der Waals surface area contributed by atoms with Crippen LogP contribution in [0.4, 0.5) is 0 Å². The van der Waals surface area contributed by atoms with Crippen LogP contribution >= 0.6 is 23.4 Å². The lowest BCUT2D eigenvalue weighted by atomic mass is 9.78. The lowest BCUT2D eigenvalue weighted by molar-refractivity contribution is -0.120. The van der Waals surface area contributed by atoms with E-state index in [1.165, 1.54) is 24.6 Å². The predicted molar refractivity (Wildman–Crippen MR) is 108 cm³/mol. The van der Waals surface area contributed by atoms with Crippen molar-refractivity contribution in [2.45, 2.75) is 44.3 Å². The van der Waals surface area contributed by atoms with Gasteiger partial charge in [-0.3, -0.25) is 9.89 Å². The minimum absolute atomic E-state index is 0.0256. The summed E-state index contributed by atoms with van der Waals surface area (Å²) in [5.41, 5.74) is 0.735. The number of nitrogens with one attached hydrogen (secondary N) is 2. The molecule has 1 amide bonds. The zero-order valence-corrected chi connectivity index (χ0v) is 17.4. The number of H-pyrrole nitrogens is 1. The van der Waals surface area contributed by atoms with E-state index in [2.05, 4.69) is 34.3 Å². The van der Waals surface area contributed by atoms with Crippen LogP contribution in [0.5, 0.6) is 5.75 Å². The van der Waals surface area contributed by atoms with E-state index in [9.17, 15) is 4.79 Å². The molecule has 0 bridgehead atoms. The molecule has 1 fully saturated rings. The fourth-order valence-corrected chi connectivity index (χ4v) is 4.24. The van der Waals surface area contributed by atoms with Gasteiger partial charge in [0.15, 0.2) is 5.82 Å². The molecule has 0 radical (unpaired) electrons. The summed E-state index contributed by atoms with van der Waals surface area (Å²) < 4.78 is 5.35. The van der Waals surface area contributed by atoms with Crippen LogP contribution in [0.15, 0.2) is 23.4 Å². The van der Waals surface area contributed by atoms with Crippen LogP contribution in [-0.2, 0) is 4.79 Å². The number of hydrogen-bond donors (Lipinski definition) is 2. The van der Waals surface area contributed by atoms with Gasteiger partial charge in [-0.25, -0.2) is 4.98 Å². The molecule has 1 aromatic heterocycles. The van der Waals surface area contributed by atoms with E-state index < -0.39 is 0 Å². The van der Waals surface area contributed by atoms with Crippen molar-refractivity contribution in [1.29, 1.82) is 0 Å². The third kappa shape index (κ3) is 4.96. The second-order valence-corrected chi connectivity index (χ2v) is 8.42. The van der Waals surface area contributed by atoms with Gasteiger partial charge in [-0.05, 0) is 36.5 Å². The molecule has 0 saturated heterocycles. The molecule has 27 heavy (non-hydrogen) atoms.